The van der Waals surface area contributed by atoms with E-state index in [4.69, 9.17) is 0 Å². The summed E-state index contributed by atoms with van der Waals surface area (Å²) < 4.78 is 9.16. The number of nitrogens with one attached hydrogen (secondary N) is 2. The molecule has 7 nitrogen and oxygen atoms in total. The molecule has 7 heteroatoms. The fourth-order valence-electron chi connectivity index (χ4n) is 1.85. The summed E-state index contributed by atoms with van der Waals surface area (Å²) in [5.41, 5.74) is 0.841. The number of anilines is 2. The van der Waals surface area contributed by atoms with Crippen molar-refractivity contribution in [3.05, 3.63) is 36.0 Å². The Kier molecular flexibility index (Phi) is 7.48. The number of hydrogen-bond donors (Lipinski definition) is 2. The maximum atomic E-state index is 12.0. The van der Waals surface area contributed by atoms with E-state index in [1.54, 1.807) is 24.3 Å². The summed E-state index contributed by atoms with van der Waals surface area (Å²) in [7, 11) is 2.40. The predicted octanol–water partition coefficient (Wildman–Crippen LogP) is 2.31. The molecule has 0 heterocycles. The van der Waals surface area contributed by atoms with Gasteiger partial charge in [0, 0.05) is 6.42 Å². The van der Waals surface area contributed by atoms with Gasteiger partial charge in [0.25, 0.3) is 0 Å². The van der Waals surface area contributed by atoms with Gasteiger partial charge >= 0.3 is 11.9 Å². The van der Waals surface area contributed by atoms with Crippen molar-refractivity contribution in [2.24, 2.45) is 5.92 Å². The second-order valence-electron chi connectivity index (χ2n) is 5.39. The lowest BCUT2D eigenvalue weighted by atomic mass is 10.1. The zero-order chi connectivity index (χ0) is 18.1. The van der Waals surface area contributed by atoms with Gasteiger partial charge in [-0.1, -0.05) is 26.0 Å². The number of benzene rings is 1. The summed E-state index contributed by atoms with van der Waals surface area (Å²) in [6, 6.07) is 6.83. The van der Waals surface area contributed by atoms with Crippen molar-refractivity contribution in [1.29, 1.82) is 0 Å². The number of carbonyl (C=O) groups excluding carboxylic acids is 3. The molecule has 24 heavy (non-hydrogen) atoms. The Morgan fingerprint density at radius 1 is 1.04 bits per heavy atom. The van der Waals surface area contributed by atoms with E-state index in [0.29, 0.717) is 17.8 Å². The average Bonchev–Trinajstić information content (AvgIpc) is 2.54. The summed E-state index contributed by atoms with van der Waals surface area (Å²) in [6.45, 7) is 3.89. The van der Waals surface area contributed by atoms with Crippen LogP contribution in [0, 0.1) is 5.92 Å². The van der Waals surface area contributed by atoms with Crippen molar-refractivity contribution in [3.8, 4) is 0 Å². The van der Waals surface area contributed by atoms with Crippen molar-refractivity contribution >= 4 is 29.2 Å². The Labute approximate surface area is 141 Å². The molecule has 1 rings (SSSR count). The number of carbonyl (C=O) groups is 3. The first-order chi connectivity index (χ1) is 11.4. The minimum atomic E-state index is -0.733. The quantitative estimate of drug-likeness (QED) is 0.587. The summed E-state index contributed by atoms with van der Waals surface area (Å²) >= 11 is 0. The predicted molar refractivity (Wildman–Crippen MR) is 90.3 cm³/mol. The summed E-state index contributed by atoms with van der Waals surface area (Å²) in [4.78, 5) is 35.2. The lowest BCUT2D eigenvalue weighted by Gasteiger charge is -2.14. The molecule has 1 aromatic rings. The summed E-state index contributed by atoms with van der Waals surface area (Å²) in [5.74, 6) is -1.36. The van der Waals surface area contributed by atoms with Crippen LogP contribution in [0.25, 0.3) is 0 Å². The normalized spacial score (nSPS) is 11.0. The Morgan fingerprint density at radius 2 is 1.62 bits per heavy atom. The van der Waals surface area contributed by atoms with E-state index in [1.807, 2.05) is 13.8 Å². The van der Waals surface area contributed by atoms with Crippen LogP contribution in [-0.2, 0) is 23.9 Å². The molecule has 2 N–H and O–H groups in total. The average molecular weight is 334 g/mol. The van der Waals surface area contributed by atoms with Gasteiger partial charge in [-0.05, 0) is 18.1 Å². The molecule has 0 saturated carbocycles. The molecular formula is C17H22N2O5. The fourth-order valence-corrected chi connectivity index (χ4v) is 1.85. The van der Waals surface area contributed by atoms with E-state index in [2.05, 4.69) is 20.1 Å². The second-order valence-corrected chi connectivity index (χ2v) is 5.39. The topological polar surface area (TPSA) is 93.7 Å². The summed E-state index contributed by atoms with van der Waals surface area (Å²) in [5, 5.41) is 5.57. The maximum Gasteiger partial charge on any atom is 0.354 e. The standard InChI is InChI=1S/C17H22N2O5/c1-11(2)9-15(20)19-13-8-6-5-7-12(13)18-14(17(22)24-4)10-16(21)23-3/h5-8,10-11,18H,9H2,1-4H3,(H,19,20)/b14-10+. The highest BCUT2D eigenvalue weighted by Crippen LogP contribution is 2.23. The lowest BCUT2D eigenvalue weighted by molar-refractivity contribution is -0.138. The van der Waals surface area contributed by atoms with Crippen LogP contribution in [0.2, 0.25) is 0 Å². The Balaban J connectivity index is 3.03. The van der Waals surface area contributed by atoms with Crippen LogP contribution in [0.15, 0.2) is 36.0 Å². The molecule has 0 bridgehead atoms. The van der Waals surface area contributed by atoms with E-state index >= 15 is 0 Å². The first-order valence-electron chi connectivity index (χ1n) is 7.41. The first kappa shape index (κ1) is 19.2. The molecule has 0 spiro atoms. The minimum absolute atomic E-state index is 0.102. The minimum Gasteiger partial charge on any atom is -0.466 e. The maximum absolute atomic E-state index is 12.0. The molecule has 1 amide bonds. The van der Waals surface area contributed by atoms with Crippen molar-refractivity contribution in [1.82, 2.24) is 0 Å². The highest BCUT2D eigenvalue weighted by molar-refractivity contribution is 6.01. The molecule has 0 fully saturated rings. The van der Waals surface area contributed by atoms with Gasteiger partial charge in [0.15, 0.2) is 0 Å². The number of amides is 1. The number of rotatable bonds is 7. The third-order valence-electron chi connectivity index (χ3n) is 2.93. The van der Waals surface area contributed by atoms with Gasteiger partial charge in [-0.3, -0.25) is 4.79 Å². The molecular weight excluding hydrogens is 312 g/mol. The van der Waals surface area contributed by atoms with Gasteiger partial charge in [-0.25, -0.2) is 9.59 Å². The Morgan fingerprint density at radius 3 is 2.12 bits per heavy atom. The molecule has 0 radical (unpaired) electrons. The third kappa shape index (κ3) is 6.12. The van der Waals surface area contributed by atoms with Gasteiger partial charge in [-0.15, -0.1) is 0 Å². The van der Waals surface area contributed by atoms with Gasteiger partial charge in [0.05, 0.1) is 31.7 Å². The second kappa shape index (κ2) is 9.34. The Hall–Kier alpha value is -2.83. The van der Waals surface area contributed by atoms with Crippen LogP contribution in [0.1, 0.15) is 20.3 Å². The SMILES string of the molecule is COC(=O)/C=C(/Nc1ccccc1NC(=O)CC(C)C)C(=O)OC. The summed E-state index contributed by atoms with van der Waals surface area (Å²) in [6.07, 6.45) is 1.36. The van der Waals surface area contributed by atoms with E-state index in [-0.39, 0.29) is 17.5 Å². The van der Waals surface area contributed by atoms with Crippen molar-refractivity contribution in [3.63, 3.8) is 0 Å². The van der Waals surface area contributed by atoms with Gasteiger partial charge in [0.1, 0.15) is 5.70 Å². The number of para-hydroxylation sites is 2. The van der Waals surface area contributed by atoms with Crippen LogP contribution in [-0.4, -0.2) is 32.1 Å². The van der Waals surface area contributed by atoms with E-state index < -0.39 is 11.9 Å². The number of esters is 2. The van der Waals surface area contributed by atoms with Crippen molar-refractivity contribution in [2.45, 2.75) is 20.3 Å². The number of hydrogen-bond acceptors (Lipinski definition) is 6. The van der Waals surface area contributed by atoms with E-state index in [9.17, 15) is 14.4 Å². The molecule has 0 aliphatic heterocycles. The Bertz CT molecular complexity index is 638. The molecule has 0 aromatic heterocycles. The molecule has 0 saturated heterocycles. The molecule has 0 unspecified atom stereocenters. The lowest BCUT2D eigenvalue weighted by Crippen LogP contribution is -2.18. The van der Waals surface area contributed by atoms with Crippen molar-refractivity contribution < 1.29 is 23.9 Å². The van der Waals surface area contributed by atoms with Crippen LogP contribution < -0.4 is 10.6 Å². The highest BCUT2D eigenvalue weighted by atomic mass is 16.5. The van der Waals surface area contributed by atoms with Gasteiger partial charge in [-0.2, -0.15) is 0 Å². The number of methoxy groups -OCH3 is 2. The van der Waals surface area contributed by atoms with Crippen LogP contribution in [0.3, 0.4) is 0 Å². The van der Waals surface area contributed by atoms with E-state index in [0.717, 1.165) is 6.08 Å². The van der Waals surface area contributed by atoms with Crippen molar-refractivity contribution in [2.75, 3.05) is 24.9 Å². The van der Waals surface area contributed by atoms with Gasteiger partial charge in [0.2, 0.25) is 5.91 Å². The van der Waals surface area contributed by atoms with Crippen LogP contribution in [0.5, 0.6) is 0 Å². The molecule has 1 aromatic carbocycles. The fraction of sp³-hybridized carbons (Fsp3) is 0.353. The smallest absolute Gasteiger partial charge is 0.354 e. The zero-order valence-corrected chi connectivity index (χ0v) is 14.2. The number of ether oxygens (including phenoxy) is 2. The molecule has 130 valence electrons. The van der Waals surface area contributed by atoms with Crippen LogP contribution in [0.4, 0.5) is 11.4 Å². The molecule has 0 aliphatic carbocycles. The van der Waals surface area contributed by atoms with Crippen LogP contribution >= 0.6 is 0 Å². The zero-order valence-electron chi connectivity index (χ0n) is 14.2. The first-order valence-corrected chi connectivity index (χ1v) is 7.41. The monoisotopic (exact) mass is 334 g/mol. The highest BCUT2D eigenvalue weighted by Gasteiger charge is 2.15. The van der Waals surface area contributed by atoms with E-state index in [1.165, 1.54) is 14.2 Å². The largest absolute Gasteiger partial charge is 0.466 e. The third-order valence-corrected chi connectivity index (χ3v) is 2.93. The molecule has 0 atom stereocenters. The van der Waals surface area contributed by atoms with Gasteiger partial charge < -0.3 is 20.1 Å². The molecule has 0 aliphatic rings.